The molecule has 2 aliphatic rings. The number of allylic oxidation sites excluding steroid dienone is 1. The van der Waals surface area contributed by atoms with E-state index in [1.165, 1.54) is 4.31 Å². The molecule has 1 saturated heterocycles. The Morgan fingerprint density at radius 2 is 1.65 bits per heavy atom. The van der Waals surface area contributed by atoms with E-state index in [-0.39, 0.29) is 56.0 Å². The Hall–Kier alpha value is -2.94. The molecule has 2 aliphatic heterocycles. The highest BCUT2D eigenvalue weighted by Gasteiger charge is 2.32. The summed E-state index contributed by atoms with van der Waals surface area (Å²) in [7, 11) is 0.0333. The molecular formula is C23H31N5O5S. The van der Waals surface area contributed by atoms with Gasteiger partial charge in [-0.25, -0.2) is 8.42 Å². The molecule has 0 radical (unpaired) electrons. The Bertz CT molecular complexity index is 1090. The van der Waals surface area contributed by atoms with Crippen molar-refractivity contribution >= 4 is 33.1 Å². The first-order chi connectivity index (χ1) is 16.0. The third kappa shape index (κ3) is 5.58. The maximum Gasteiger partial charge on any atom is 0.220 e. The predicted octanol–water partition coefficient (Wildman–Crippen LogP) is 1.21. The molecule has 2 atom stereocenters. The van der Waals surface area contributed by atoms with Crippen LogP contribution in [0.3, 0.4) is 0 Å². The first-order valence-corrected chi connectivity index (χ1v) is 12.8. The minimum atomic E-state index is -3.53. The number of hydrogen-bond donors (Lipinski definition) is 1. The van der Waals surface area contributed by atoms with Crippen molar-refractivity contribution in [1.29, 1.82) is 5.26 Å². The van der Waals surface area contributed by atoms with Gasteiger partial charge in [0.25, 0.3) is 0 Å². The van der Waals surface area contributed by atoms with Crippen LogP contribution in [0, 0.1) is 11.3 Å². The summed E-state index contributed by atoms with van der Waals surface area (Å²) in [6.45, 7) is 4.16. The Morgan fingerprint density at radius 3 is 2.18 bits per heavy atom. The van der Waals surface area contributed by atoms with E-state index in [0.717, 1.165) is 11.4 Å². The van der Waals surface area contributed by atoms with Crippen LogP contribution in [0.2, 0.25) is 0 Å². The minimum Gasteiger partial charge on any atom is -0.373 e. The number of ketones is 1. The molecule has 0 bridgehead atoms. The number of amides is 1. The summed E-state index contributed by atoms with van der Waals surface area (Å²) >= 11 is 0. The first kappa shape index (κ1) is 25.7. The van der Waals surface area contributed by atoms with Gasteiger partial charge < -0.3 is 19.9 Å². The van der Waals surface area contributed by atoms with Crippen molar-refractivity contribution in [3.05, 3.63) is 35.7 Å². The van der Waals surface area contributed by atoms with Gasteiger partial charge in [-0.15, -0.1) is 0 Å². The Kier molecular flexibility index (Phi) is 7.97. The Balaban J connectivity index is 1.53. The van der Waals surface area contributed by atoms with E-state index in [9.17, 15) is 23.3 Å². The second kappa shape index (κ2) is 10.5. The van der Waals surface area contributed by atoms with E-state index in [1.54, 1.807) is 23.9 Å². The molecule has 2 unspecified atom stereocenters. The molecular weight excluding hydrogens is 458 g/mol. The zero-order valence-corrected chi connectivity index (χ0v) is 20.8. The van der Waals surface area contributed by atoms with Crippen LogP contribution in [0.4, 0.5) is 11.4 Å². The van der Waals surface area contributed by atoms with Crippen molar-refractivity contribution in [3.63, 3.8) is 0 Å². The fourth-order valence-corrected chi connectivity index (χ4v) is 5.80. The van der Waals surface area contributed by atoms with Crippen LogP contribution in [-0.2, 0) is 24.3 Å². The summed E-state index contributed by atoms with van der Waals surface area (Å²) in [4.78, 5) is 28.6. The average molecular weight is 490 g/mol. The Morgan fingerprint density at radius 1 is 1.09 bits per heavy atom. The molecule has 10 nitrogen and oxygen atoms in total. The largest absolute Gasteiger partial charge is 0.373 e. The number of carbonyl (C=O) groups excluding carboxylic acids is 2. The standard InChI is InChI=1S/C23H31N5O5S/c1-16-14-28(15-17(2)33-16)34(31,32)12-11-25-22(30)10-9-21(29)18(13-24)23-26(3)19-7-5-6-8-20(19)27(23)4/h5-8,16-17H,9-12,14-15H2,1-4H3,(H,25,30). The highest BCUT2D eigenvalue weighted by molar-refractivity contribution is 7.89. The number of nitriles is 1. The molecule has 1 N–H and O–H groups in total. The first-order valence-electron chi connectivity index (χ1n) is 11.2. The molecule has 2 heterocycles. The summed E-state index contributed by atoms with van der Waals surface area (Å²) in [6.07, 6.45) is -0.660. The van der Waals surface area contributed by atoms with Crippen LogP contribution in [-0.4, -0.2) is 76.1 Å². The number of para-hydroxylation sites is 2. The van der Waals surface area contributed by atoms with Crippen molar-refractivity contribution in [1.82, 2.24) is 9.62 Å². The summed E-state index contributed by atoms with van der Waals surface area (Å²) in [5, 5.41) is 12.2. The van der Waals surface area contributed by atoms with Crippen molar-refractivity contribution in [3.8, 4) is 6.07 Å². The molecule has 1 fully saturated rings. The highest BCUT2D eigenvalue weighted by atomic mass is 32.2. The van der Waals surface area contributed by atoms with Gasteiger partial charge in [0, 0.05) is 46.6 Å². The lowest BCUT2D eigenvalue weighted by molar-refractivity contribution is -0.124. The lowest BCUT2D eigenvalue weighted by Crippen LogP contribution is -2.49. The molecule has 34 heavy (non-hydrogen) atoms. The van der Waals surface area contributed by atoms with E-state index >= 15 is 0 Å². The van der Waals surface area contributed by atoms with Crippen LogP contribution >= 0.6 is 0 Å². The van der Waals surface area contributed by atoms with Crippen LogP contribution in [0.1, 0.15) is 26.7 Å². The normalized spacial score (nSPS) is 20.6. The molecule has 3 rings (SSSR count). The van der Waals surface area contributed by atoms with Gasteiger partial charge in [0.1, 0.15) is 17.5 Å². The van der Waals surface area contributed by atoms with Gasteiger partial charge in [-0.1, -0.05) is 12.1 Å². The average Bonchev–Trinajstić information content (AvgIpc) is 3.03. The minimum absolute atomic E-state index is 0.0212. The second-order valence-corrected chi connectivity index (χ2v) is 10.7. The molecule has 11 heteroatoms. The van der Waals surface area contributed by atoms with Gasteiger partial charge in [-0.3, -0.25) is 9.59 Å². The van der Waals surface area contributed by atoms with Crippen molar-refractivity contribution in [2.45, 2.75) is 38.9 Å². The number of benzene rings is 1. The molecule has 184 valence electrons. The smallest absolute Gasteiger partial charge is 0.220 e. The molecule has 0 spiro atoms. The second-order valence-electron chi connectivity index (χ2n) is 8.58. The van der Waals surface area contributed by atoms with Crippen LogP contribution in [0.25, 0.3) is 0 Å². The molecule has 0 saturated carbocycles. The molecule has 1 amide bonds. The van der Waals surface area contributed by atoms with Crippen molar-refractivity contribution < 1.29 is 22.7 Å². The van der Waals surface area contributed by atoms with E-state index in [2.05, 4.69) is 5.32 Å². The molecule has 0 aromatic heterocycles. The number of hydrogen-bond acceptors (Lipinski definition) is 8. The van der Waals surface area contributed by atoms with Gasteiger partial charge in [0.15, 0.2) is 5.78 Å². The predicted molar refractivity (Wildman–Crippen MR) is 129 cm³/mol. The molecule has 1 aromatic rings. The number of nitrogens with one attached hydrogen (secondary N) is 1. The van der Waals surface area contributed by atoms with Gasteiger partial charge >= 0.3 is 0 Å². The van der Waals surface area contributed by atoms with Crippen LogP contribution < -0.4 is 15.1 Å². The zero-order valence-electron chi connectivity index (χ0n) is 19.9. The van der Waals surface area contributed by atoms with Gasteiger partial charge in [-0.05, 0) is 26.0 Å². The topological polar surface area (TPSA) is 123 Å². The monoisotopic (exact) mass is 489 g/mol. The molecule has 1 aromatic carbocycles. The van der Waals surface area contributed by atoms with Crippen LogP contribution in [0.5, 0.6) is 0 Å². The van der Waals surface area contributed by atoms with Crippen molar-refractivity contribution in [2.75, 3.05) is 49.3 Å². The lowest BCUT2D eigenvalue weighted by atomic mass is 10.1. The van der Waals surface area contributed by atoms with E-state index in [1.807, 2.05) is 44.2 Å². The van der Waals surface area contributed by atoms with Crippen LogP contribution in [0.15, 0.2) is 35.7 Å². The van der Waals surface area contributed by atoms with Gasteiger partial charge in [-0.2, -0.15) is 9.57 Å². The number of sulfonamides is 1. The number of morpholine rings is 1. The summed E-state index contributed by atoms with van der Waals surface area (Å²) in [5.74, 6) is -0.642. The third-order valence-electron chi connectivity index (χ3n) is 5.89. The van der Waals surface area contributed by atoms with E-state index in [4.69, 9.17) is 4.74 Å². The van der Waals surface area contributed by atoms with E-state index < -0.39 is 21.7 Å². The number of fused-ring (bicyclic) bond motifs is 1. The number of rotatable bonds is 8. The third-order valence-corrected chi connectivity index (χ3v) is 7.70. The van der Waals surface area contributed by atoms with Crippen molar-refractivity contribution in [2.24, 2.45) is 0 Å². The molecule has 0 aliphatic carbocycles. The Labute approximate surface area is 200 Å². The number of nitrogens with zero attached hydrogens (tertiary/aromatic N) is 4. The maximum absolute atomic E-state index is 12.8. The summed E-state index contributed by atoms with van der Waals surface area (Å²) in [5.41, 5.74) is 1.74. The SMILES string of the molecule is CC1CN(S(=O)(=O)CCNC(=O)CCC(=O)C(C#N)=C2N(C)c3ccccc3N2C)CC(C)O1. The quantitative estimate of drug-likeness (QED) is 0.427. The van der Waals surface area contributed by atoms with E-state index in [0.29, 0.717) is 5.82 Å². The number of anilines is 2. The number of carbonyl (C=O) groups is 2. The number of ether oxygens (including phenoxy) is 1. The van der Waals surface area contributed by atoms with Gasteiger partial charge in [0.2, 0.25) is 15.9 Å². The highest BCUT2D eigenvalue weighted by Crippen LogP contribution is 2.40. The number of Topliss-reactive ketones (excluding diaryl/α,β-unsaturated/α-hetero) is 1. The summed E-state index contributed by atoms with van der Waals surface area (Å²) in [6, 6.07) is 9.55. The fraction of sp³-hybridized carbons (Fsp3) is 0.522. The van der Waals surface area contributed by atoms with Gasteiger partial charge in [0.05, 0.1) is 29.3 Å². The maximum atomic E-state index is 12.8. The summed E-state index contributed by atoms with van der Waals surface area (Å²) < 4.78 is 32.1. The fourth-order valence-electron chi connectivity index (χ4n) is 4.30. The lowest BCUT2D eigenvalue weighted by Gasteiger charge is -2.34. The zero-order chi connectivity index (χ0) is 25.0.